The molecular formula is C30H34N6O3. The second-order valence-electron chi connectivity index (χ2n) is 10.4. The van der Waals surface area contributed by atoms with Gasteiger partial charge in [-0.2, -0.15) is 5.26 Å². The third-order valence-electron chi connectivity index (χ3n) is 7.45. The predicted molar refractivity (Wildman–Crippen MR) is 150 cm³/mol. The van der Waals surface area contributed by atoms with Crippen LogP contribution in [0.3, 0.4) is 0 Å². The van der Waals surface area contributed by atoms with Crippen molar-refractivity contribution in [1.82, 2.24) is 15.1 Å². The molecule has 2 aromatic carbocycles. The van der Waals surface area contributed by atoms with E-state index in [2.05, 4.69) is 27.8 Å². The number of hydrogen-bond acceptors (Lipinski definition) is 5. The quantitative estimate of drug-likeness (QED) is 0.217. The number of carbonyl (C=O) groups is 2. The van der Waals surface area contributed by atoms with Gasteiger partial charge in [0, 0.05) is 30.7 Å². The normalized spacial score (nSPS) is 20.1. The fraction of sp³-hybridized carbons (Fsp3) is 0.400. The molecule has 0 aliphatic carbocycles. The Bertz CT molecular complexity index is 1390. The van der Waals surface area contributed by atoms with Gasteiger partial charge in [0.1, 0.15) is 17.4 Å². The summed E-state index contributed by atoms with van der Waals surface area (Å²) in [6.07, 6.45) is 6.02. The lowest BCUT2D eigenvalue weighted by Crippen LogP contribution is -2.45. The van der Waals surface area contributed by atoms with Crippen LogP contribution in [-0.4, -0.2) is 59.8 Å². The molecule has 2 N–H and O–H groups in total. The van der Waals surface area contributed by atoms with E-state index in [1.807, 2.05) is 60.5 Å². The van der Waals surface area contributed by atoms with Gasteiger partial charge in [0.05, 0.1) is 6.54 Å². The second-order valence-corrected chi connectivity index (χ2v) is 10.4. The Labute approximate surface area is 228 Å². The molecule has 39 heavy (non-hydrogen) atoms. The van der Waals surface area contributed by atoms with Gasteiger partial charge in [-0.25, -0.2) is 4.99 Å². The summed E-state index contributed by atoms with van der Waals surface area (Å²) in [6.45, 7) is 3.92. The van der Waals surface area contributed by atoms with E-state index < -0.39 is 6.04 Å². The molecule has 1 aromatic heterocycles. The number of aliphatic imine (C=N–C) groups is 1. The van der Waals surface area contributed by atoms with Gasteiger partial charge >= 0.3 is 0 Å². The van der Waals surface area contributed by atoms with E-state index >= 15 is 0 Å². The van der Waals surface area contributed by atoms with E-state index in [0.29, 0.717) is 18.9 Å². The Morgan fingerprint density at radius 3 is 2.79 bits per heavy atom. The SMILES string of the molecule is Cc1cc2cc(NC(=N[C@H]3CCCCN(CC(=O)N4CCC(Cc5ccccc5)C4)C3=O)NC#N)ccc2o1. The molecule has 0 saturated carbocycles. The molecular weight excluding hydrogens is 492 g/mol. The zero-order valence-corrected chi connectivity index (χ0v) is 22.2. The van der Waals surface area contributed by atoms with Gasteiger partial charge in [-0.15, -0.1) is 0 Å². The average Bonchev–Trinajstić information content (AvgIpc) is 3.51. The summed E-state index contributed by atoms with van der Waals surface area (Å²) in [7, 11) is 0. The number of benzene rings is 2. The smallest absolute Gasteiger partial charge is 0.247 e. The molecule has 0 bridgehead atoms. The summed E-state index contributed by atoms with van der Waals surface area (Å²) >= 11 is 0. The van der Waals surface area contributed by atoms with Crippen molar-refractivity contribution >= 4 is 34.4 Å². The van der Waals surface area contributed by atoms with Crippen LogP contribution in [-0.2, 0) is 16.0 Å². The largest absolute Gasteiger partial charge is 0.461 e. The summed E-state index contributed by atoms with van der Waals surface area (Å²) in [6, 6.07) is 17.2. The first-order valence-corrected chi connectivity index (χ1v) is 13.6. The number of hydrogen-bond donors (Lipinski definition) is 2. The maximum atomic E-state index is 13.5. The first-order valence-electron chi connectivity index (χ1n) is 13.6. The number of nitrogens with zero attached hydrogens (tertiary/aromatic N) is 4. The highest BCUT2D eigenvalue weighted by Crippen LogP contribution is 2.24. The van der Waals surface area contributed by atoms with Crippen LogP contribution in [0, 0.1) is 24.3 Å². The summed E-state index contributed by atoms with van der Waals surface area (Å²) in [4.78, 5) is 34.8. The average molecular weight is 527 g/mol. The first kappa shape index (κ1) is 26.3. The molecule has 3 aromatic rings. The first-order chi connectivity index (χ1) is 19.0. The fourth-order valence-electron chi connectivity index (χ4n) is 5.49. The molecule has 9 heteroatoms. The van der Waals surface area contributed by atoms with Gasteiger partial charge in [0.25, 0.3) is 0 Å². The van der Waals surface area contributed by atoms with Crippen LogP contribution < -0.4 is 10.6 Å². The highest BCUT2D eigenvalue weighted by molar-refractivity contribution is 5.98. The van der Waals surface area contributed by atoms with Crippen LogP contribution >= 0.6 is 0 Å². The molecule has 2 amide bonds. The molecule has 9 nitrogen and oxygen atoms in total. The van der Waals surface area contributed by atoms with Gasteiger partial charge in [-0.3, -0.25) is 14.9 Å². The lowest BCUT2D eigenvalue weighted by Gasteiger charge is -2.25. The van der Waals surface area contributed by atoms with Gasteiger partial charge < -0.3 is 19.5 Å². The Morgan fingerprint density at radius 1 is 1.13 bits per heavy atom. The predicted octanol–water partition coefficient (Wildman–Crippen LogP) is 4.05. The number of carbonyl (C=O) groups excluding carboxylic acids is 2. The molecule has 3 heterocycles. The standard InChI is InChI=1S/C30H34N6O3/c1-21-15-24-17-25(10-11-27(24)39-21)33-30(32-20-31)34-26-9-5-6-13-36(29(26)38)19-28(37)35-14-12-23(18-35)16-22-7-3-2-4-8-22/h2-4,7-8,10-11,15,17,23,26H,5-6,9,12-14,16,18-19H2,1H3,(H2,32,33,34)/t23?,26-/m0/s1. The van der Waals surface area contributed by atoms with Gasteiger partial charge in [-0.05, 0) is 74.8 Å². The fourth-order valence-corrected chi connectivity index (χ4v) is 5.49. The number of rotatable bonds is 6. The van der Waals surface area contributed by atoms with E-state index in [9.17, 15) is 14.9 Å². The maximum absolute atomic E-state index is 13.5. The van der Waals surface area contributed by atoms with Crippen molar-refractivity contribution in [1.29, 1.82) is 5.26 Å². The summed E-state index contributed by atoms with van der Waals surface area (Å²) in [5.74, 6) is 1.25. The maximum Gasteiger partial charge on any atom is 0.247 e. The minimum Gasteiger partial charge on any atom is -0.461 e. The molecule has 5 rings (SSSR count). The number of aryl methyl sites for hydroxylation is 1. The van der Waals surface area contributed by atoms with Crippen LogP contribution in [0.15, 0.2) is 64.0 Å². The molecule has 202 valence electrons. The third-order valence-corrected chi connectivity index (χ3v) is 7.45. The Morgan fingerprint density at radius 2 is 1.97 bits per heavy atom. The van der Waals surface area contributed by atoms with Crippen LogP contribution in [0.1, 0.15) is 37.0 Å². The topological polar surface area (TPSA) is 114 Å². The molecule has 2 fully saturated rings. The van der Waals surface area contributed by atoms with E-state index in [1.54, 1.807) is 4.90 Å². The molecule has 2 aliphatic heterocycles. The van der Waals surface area contributed by atoms with Crippen molar-refractivity contribution in [2.75, 3.05) is 31.5 Å². The molecule has 0 radical (unpaired) electrons. The Kier molecular flexibility index (Phi) is 8.11. The van der Waals surface area contributed by atoms with Crippen molar-refractivity contribution in [2.45, 2.75) is 45.1 Å². The zero-order chi connectivity index (χ0) is 27.2. The Hall–Kier alpha value is -4.32. The Balaban J connectivity index is 1.23. The second kappa shape index (κ2) is 12.0. The highest BCUT2D eigenvalue weighted by atomic mass is 16.3. The minimum absolute atomic E-state index is 0.0132. The number of furan rings is 1. The van der Waals surface area contributed by atoms with E-state index in [4.69, 9.17) is 4.42 Å². The van der Waals surface area contributed by atoms with E-state index in [-0.39, 0.29) is 24.3 Å². The molecule has 1 unspecified atom stereocenters. The van der Waals surface area contributed by atoms with Crippen LogP contribution in [0.5, 0.6) is 0 Å². The molecule has 2 saturated heterocycles. The van der Waals surface area contributed by atoms with Gasteiger partial charge in [-0.1, -0.05) is 30.3 Å². The number of nitriles is 1. The van der Waals surface area contributed by atoms with E-state index in [0.717, 1.165) is 61.2 Å². The van der Waals surface area contributed by atoms with Crippen LogP contribution in [0.25, 0.3) is 11.0 Å². The number of likely N-dealkylation sites (tertiary alicyclic amines) is 2. The van der Waals surface area contributed by atoms with Gasteiger partial charge in [0.15, 0.2) is 6.19 Å². The summed E-state index contributed by atoms with van der Waals surface area (Å²) in [5.41, 5.74) is 2.78. The molecule has 2 atom stereocenters. The van der Waals surface area contributed by atoms with Crippen molar-refractivity contribution in [2.24, 2.45) is 10.9 Å². The number of nitrogens with one attached hydrogen (secondary N) is 2. The van der Waals surface area contributed by atoms with Crippen molar-refractivity contribution in [3.63, 3.8) is 0 Å². The van der Waals surface area contributed by atoms with Crippen molar-refractivity contribution in [3.05, 3.63) is 65.9 Å². The highest BCUT2D eigenvalue weighted by Gasteiger charge is 2.32. The van der Waals surface area contributed by atoms with Crippen molar-refractivity contribution < 1.29 is 14.0 Å². The third kappa shape index (κ3) is 6.58. The zero-order valence-electron chi connectivity index (χ0n) is 22.2. The number of guanidine groups is 1. The summed E-state index contributed by atoms with van der Waals surface area (Å²) < 4.78 is 5.63. The molecule has 0 spiro atoms. The lowest BCUT2D eigenvalue weighted by atomic mass is 9.99. The lowest BCUT2D eigenvalue weighted by molar-refractivity contribution is -0.140. The van der Waals surface area contributed by atoms with Crippen LogP contribution in [0.2, 0.25) is 0 Å². The monoisotopic (exact) mass is 526 g/mol. The number of amides is 2. The molecule has 2 aliphatic rings. The van der Waals surface area contributed by atoms with Gasteiger partial charge in [0.2, 0.25) is 17.8 Å². The number of anilines is 1. The van der Waals surface area contributed by atoms with Crippen LogP contribution in [0.4, 0.5) is 5.69 Å². The van der Waals surface area contributed by atoms with Crippen molar-refractivity contribution in [3.8, 4) is 6.19 Å². The van der Waals surface area contributed by atoms with E-state index in [1.165, 1.54) is 5.56 Å². The summed E-state index contributed by atoms with van der Waals surface area (Å²) in [5, 5.41) is 15.9. The number of fused-ring (bicyclic) bond motifs is 1. The minimum atomic E-state index is -0.673.